The van der Waals surface area contributed by atoms with Crippen LogP contribution in [0.3, 0.4) is 0 Å². The normalized spacial score (nSPS) is 10.0. The maximum absolute atomic E-state index is 13.3. The van der Waals surface area contributed by atoms with E-state index in [2.05, 4.69) is 10.6 Å². The quantitative estimate of drug-likeness (QED) is 0.724. The van der Waals surface area contributed by atoms with Crippen molar-refractivity contribution in [1.82, 2.24) is 0 Å². The zero-order valence-electron chi connectivity index (χ0n) is 10.3. The SMILES string of the molecule is Cc1cc(NC(=O)Nc2ccccc2F)ccc1O. The first-order chi connectivity index (χ1) is 9.06. The van der Waals surface area contributed by atoms with Gasteiger partial charge >= 0.3 is 6.03 Å². The lowest BCUT2D eigenvalue weighted by Gasteiger charge is -2.09. The lowest BCUT2D eigenvalue weighted by Crippen LogP contribution is -2.20. The Bertz CT molecular complexity index is 614. The summed E-state index contributed by atoms with van der Waals surface area (Å²) in [6.45, 7) is 1.72. The Labute approximate surface area is 109 Å². The molecule has 0 unspecified atom stereocenters. The van der Waals surface area contributed by atoms with Gasteiger partial charge in [0.15, 0.2) is 0 Å². The van der Waals surface area contributed by atoms with E-state index >= 15 is 0 Å². The van der Waals surface area contributed by atoms with Gasteiger partial charge in [0.1, 0.15) is 11.6 Å². The summed E-state index contributed by atoms with van der Waals surface area (Å²) in [7, 11) is 0. The number of aryl methyl sites for hydroxylation is 1. The third kappa shape index (κ3) is 3.22. The van der Waals surface area contributed by atoms with Crippen LogP contribution < -0.4 is 10.6 Å². The van der Waals surface area contributed by atoms with Gasteiger partial charge in [0.25, 0.3) is 0 Å². The summed E-state index contributed by atoms with van der Waals surface area (Å²) in [5, 5.41) is 14.3. The average molecular weight is 260 g/mol. The van der Waals surface area contributed by atoms with Gasteiger partial charge in [-0.2, -0.15) is 0 Å². The van der Waals surface area contributed by atoms with Crippen LogP contribution in [-0.2, 0) is 0 Å². The highest BCUT2D eigenvalue weighted by atomic mass is 19.1. The highest BCUT2D eigenvalue weighted by Crippen LogP contribution is 2.20. The zero-order valence-corrected chi connectivity index (χ0v) is 10.3. The molecular weight excluding hydrogens is 247 g/mol. The highest BCUT2D eigenvalue weighted by Gasteiger charge is 2.07. The predicted octanol–water partition coefficient (Wildman–Crippen LogP) is 3.48. The van der Waals surface area contributed by atoms with E-state index in [4.69, 9.17) is 0 Å². The number of anilines is 2. The molecule has 0 spiro atoms. The number of carbonyl (C=O) groups excluding carboxylic acids is 1. The monoisotopic (exact) mass is 260 g/mol. The average Bonchev–Trinajstić information content (AvgIpc) is 2.37. The minimum atomic E-state index is -0.546. The Morgan fingerprint density at radius 3 is 2.58 bits per heavy atom. The standard InChI is InChI=1S/C14H13FN2O2/c1-9-8-10(6-7-13(9)18)16-14(19)17-12-5-3-2-4-11(12)15/h2-8,18H,1H3,(H2,16,17,19). The lowest BCUT2D eigenvalue weighted by atomic mass is 10.2. The number of aromatic hydroxyl groups is 1. The molecule has 0 saturated carbocycles. The van der Waals surface area contributed by atoms with Gasteiger partial charge in [0, 0.05) is 5.69 Å². The van der Waals surface area contributed by atoms with E-state index in [0.717, 1.165) is 0 Å². The van der Waals surface area contributed by atoms with Crippen LogP contribution in [0.15, 0.2) is 42.5 Å². The van der Waals surface area contributed by atoms with Crippen molar-refractivity contribution < 1.29 is 14.3 Å². The highest BCUT2D eigenvalue weighted by molar-refractivity contribution is 5.99. The third-order valence-electron chi connectivity index (χ3n) is 2.58. The molecule has 2 aromatic carbocycles. The summed E-state index contributed by atoms with van der Waals surface area (Å²) < 4.78 is 13.3. The van der Waals surface area contributed by atoms with Crippen molar-refractivity contribution in [3.63, 3.8) is 0 Å². The summed E-state index contributed by atoms with van der Waals surface area (Å²) in [5.41, 5.74) is 1.27. The molecule has 5 heteroatoms. The van der Waals surface area contributed by atoms with Crippen LogP contribution in [0, 0.1) is 12.7 Å². The summed E-state index contributed by atoms with van der Waals surface area (Å²) >= 11 is 0. The molecule has 2 aromatic rings. The fourth-order valence-corrected chi connectivity index (χ4v) is 1.58. The fraction of sp³-hybridized carbons (Fsp3) is 0.0714. The Morgan fingerprint density at radius 1 is 1.16 bits per heavy atom. The first-order valence-corrected chi connectivity index (χ1v) is 5.68. The topological polar surface area (TPSA) is 61.4 Å². The van der Waals surface area contributed by atoms with Crippen LogP contribution in [-0.4, -0.2) is 11.1 Å². The van der Waals surface area contributed by atoms with E-state index in [9.17, 15) is 14.3 Å². The number of rotatable bonds is 2. The molecule has 0 aromatic heterocycles. The summed E-state index contributed by atoms with van der Waals surface area (Å²) in [6.07, 6.45) is 0. The molecule has 19 heavy (non-hydrogen) atoms. The van der Waals surface area contributed by atoms with E-state index < -0.39 is 11.8 Å². The molecule has 98 valence electrons. The molecule has 0 radical (unpaired) electrons. The van der Waals surface area contributed by atoms with Gasteiger partial charge in [-0.1, -0.05) is 12.1 Å². The molecule has 4 nitrogen and oxygen atoms in total. The van der Waals surface area contributed by atoms with Crippen molar-refractivity contribution in [2.75, 3.05) is 10.6 Å². The summed E-state index contributed by atoms with van der Waals surface area (Å²) in [6, 6.07) is 10.0. The second kappa shape index (κ2) is 5.39. The number of phenolic OH excluding ortho intramolecular Hbond substituents is 1. The van der Waals surface area contributed by atoms with Crippen molar-refractivity contribution in [3.8, 4) is 5.75 Å². The Kier molecular flexibility index (Phi) is 3.66. The third-order valence-corrected chi connectivity index (χ3v) is 2.58. The summed E-state index contributed by atoms with van der Waals surface area (Å²) in [4.78, 5) is 11.7. The molecule has 0 bridgehead atoms. The van der Waals surface area contributed by atoms with E-state index in [1.165, 1.54) is 18.2 Å². The maximum atomic E-state index is 13.3. The van der Waals surface area contributed by atoms with Crippen LogP contribution in [0.25, 0.3) is 0 Å². The Balaban J connectivity index is 2.05. The largest absolute Gasteiger partial charge is 0.508 e. The molecule has 2 rings (SSSR count). The summed E-state index contributed by atoms with van der Waals surface area (Å²) in [5.74, 6) is -0.348. The van der Waals surface area contributed by atoms with Gasteiger partial charge in [-0.15, -0.1) is 0 Å². The molecule has 2 amide bonds. The molecule has 0 aliphatic heterocycles. The van der Waals surface area contributed by atoms with Crippen LogP contribution >= 0.6 is 0 Å². The van der Waals surface area contributed by atoms with Crippen molar-refractivity contribution in [1.29, 1.82) is 0 Å². The number of benzene rings is 2. The number of hydrogen-bond acceptors (Lipinski definition) is 2. The van der Waals surface area contributed by atoms with E-state index in [0.29, 0.717) is 11.3 Å². The van der Waals surface area contributed by atoms with Gasteiger partial charge in [-0.3, -0.25) is 0 Å². The van der Waals surface area contributed by atoms with Crippen molar-refractivity contribution in [3.05, 3.63) is 53.8 Å². The van der Waals surface area contributed by atoms with Crippen LogP contribution in [0.4, 0.5) is 20.6 Å². The molecule has 0 atom stereocenters. The number of nitrogens with one attached hydrogen (secondary N) is 2. The lowest BCUT2D eigenvalue weighted by molar-refractivity contribution is 0.262. The number of hydrogen-bond donors (Lipinski definition) is 3. The number of para-hydroxylation sites is 1. The van der Waals surface area contributed by atoms with Gasteiger partial charge in [0.2, 0.25) is 0 Å². The number of halogens is 1. The Morgan fingerprint density at radius 2 is 1.89 bits per heavy atom. The van der Waals surface area contributed by atoms with Crippen molar-refractivity contribution in [2.45, 2.75) is 6.92 Å². The second-order valence-electron chi connectivity index (χ2n) is 4.06. The second-order valence-corrected chi connectivity index (χ2v) is 4.06. The Hall–Kier alpha value is -2.56. The smallest absolute Gasteiger partial charge is 0.323 e. The molecule has 0 heterocycles. The van der Waals surface area contributed by atoms with Gasteiger partial charge in [0.05, 0.1) is 5.69 Å². The predicted molar refractivity (Wildman–Crippen MR) is 71.9 cm³/mol. The maximum Gasteiger partial charge on any atom is 0.323 e. The van der Waals surface area contributed by atoms with E-state index in [1.807, 2.05) is 0 Å². The number of amides is 2. The molecule has 0 fully saturated rings. The zero-order chi connectivity index (χ0) is 13.8. The molecule has 0 aliphatic carbocycles. The minimum absolute atomic E-state index is 0.107. The number of carbonyl (C=O) groups is 1. The van der Waals surface area contributed by atoms with Gasteiger partial charge in [-0.05, 0) is 42.8 Å². The van der Waals surface area contributed by atoms with Crippen LogP contribution in [0.1, 0.15) is 5.56 Å². The van der Waals surface area contributed by atoms with Gasteiger partial charge < -0.3 is 15.7 Å². The minimum Gasteiger partial charge on any atom is -0.508 e. The van der Waals surface area contributed by atoms with E-state index in [-0.39, 0.29) is 11.4 Å². The molecular formula is C14H13FN2O2. The van der Waals surface area contributed by atoms with Crippen molar-refractivity contribution >= 4 is 17.4 Å². The van der Waals surface area contributed by atoms with E-state index in [1.54, 1.807) is 31.2 Å². The molecule has 0 aliphatic rings. The first-order valence-electron chi connectivity index (χ1n) is 5.68. The van der Waals surface area contributed by atoms with Crippen LogP contribution in [0.2, 0.25) is 0 Å². The molecule has 0 saturated heterocycles. The molecule has 3 N–H and O–H groups in total. The fourth-order valence-electron chi connectivity index (χ4n) is 1.58. The number of urea groups is 1. The van der Waals surface area contributed by atoms with Gasteiger partial charge in [-0.25, -0.2) is 9.18 Å². The van der Waals surface area contributed by atoms with Crippen LogP contribution in [0.5, 0.6) is 5.75 Å². The van der Waals surface area contributed by atoms with Crippen molar-refractivity contribution in [2.24, 2.45) is 0 Å². The number of phenols is 1. The first kappa shape index (κ1) is 12.9.